The van der Waals surface area contributed by atoms with E-state index in [1.165, 1.54) is 21.2 Å². The van der Waals surface area contributed by atoms with Crippen molar-refractivity contribution < 1.29 is 28.7 Å². The first kappa shape index (κ1) is 46.5. The minimum atomic E-state index is -1.08. The summed E-state index contributed by atoms with van der Waals surface area (Å²) in [5, 5.41) is 17.9. The van der Waals surface area contributed by atoms with Crippen molar-refractivity contribution >= 4 is 57.8 Å². The van der Waals surface area contributed by atoms with Gasteiger partial charge in [0.1, 0.15) is 23.7 Å². The van der Waals surface area contributed by atoms with E-state index in [0.717, 1.165) is 50.4 Å². The van der Waals surface area contributed by atoms with Gasteiger partial charge in [0.2, 0.25) is 5.91 Å². The molecule has 346 valence electrons. The van der Waals surface area contributed by atoms with Crippen LogP contribution in [0.25, 0.3) is 33.4 Å². The van der Waals surface area contributed by atoms with Gasteiger partial charge in [-0.3, -0.25) is 29.3 Å². The van der Waals surface area contributed by atoms with Crippen molar-refractivity contribution in [1.82, 2.24) is 45.0 Å². The number of likely N-dealkylation sites (tertiary alicyclic amines) is 1. The number of nitrogens with one attached hydrogen (secondary N) is 2. The summed E-state index contributed by atoms with van der Waals surface area (Å²) in [5.74, 6) is -0.884. The number of cyclic esters (lactones) is 1. The van der Waals surface area contributed by atoms with E-state index >= 15 is 0 Å². The van der Waals surface area contributed by atoms with E-state index in [1.807, 2.05) is 31.5 Å². The standard InChI is InChI=1S/C47H60N10O6S2/c1-10-56-36-16-15-29-19-31(36)32(39(56)30-13-11-17-49-40(30)47(62-9)27-65-47)21-45(4,5)26-63-43(60)33-14-12-18-57(52-33)42(59)34(20-37-50-35(29)22-64-37)51-41(58)38(28(2)3)54(8)44(61)55-24-46(23-48,25-55)53(6)7/h11,13,15-17,19,22,28,33-34,38,52H,10,12,14,18,20-21,24-27H2,1-9H3,(H,51,58)/t33-,34-,38-,47+/m0/s1. The number of methoxy groups -OCH3 is 1. The van der Waals surface area contributed by atoms with E-state index in [9.17, 15) is 24.4 Å². The summed E-state index contributed by atoms with van der Waals surface area (Å²) in [6.07, 6.45) is 3.49. The van der Waals surface area contributed by atoms with Gasteiger partial charge in [-0.1, -0.05) is 33.8 Å². The Labute approximate surface area is 389 Å². The molecule has 7 heterocycles. The molecule has 2 N–H and O–H groups in total. The van der Waals surface area contributed by atoms with Gasteiger partial charge in [0.15, 0.2) is 4.93 Å². The predicted molar refractivity (Wildman–Crippen MR) is 250 cm³/mol. The third-order valence-corrected chi connectivity index (χ3v) is 15.4. The van der Waals surface area contributed by atoms with Crippen LogP contribution >= 0.6 is 23.1 Å². The number of hydrazine groups is 1. The summed E-state index contributed by atoms with van der Waals surface area (Å²) in [7, 11) is 6.93. The molecule has 3 aromatic heterocycles. The summed E-state index contributed by atoms with van der Waals surface area (Å²) >= 11 is 3.13. The molecule has 4 aliphatic rings. The molecule has 4 atom stereocenters. The lowest BCUT2D eigenvalue weighted by molar-refractivity contribution is -0.155. The quantitative estimate of drug-likeness (QED) is 0.165. The number of hydrogen-bond donors (Lipinski definition) is 2. The largest absolute Gasteiger partial charge is 0.464 e. The molecular weight excluding hydrogens is 865 g/mol. The van der Waals surface area contributed by atoms with E-state index in [1.54, 1.807) is 49.8 Å². The van der Waals surface area contributed by atoms with Gasteiger partial charge in [0, 0.05) is 78.4 Å². The monoisotopic (exact) mass is 924 g/mol. The number of nitriles is 1. The molecule has 3 fully saturated rings. The fourth-order valence-corrected chi connectivity index (χ4v) is 11.2. The maximum atomic E-state index is 14.6. The summed E-state index contributed by atoms with van der Waals surface area (Å²) < 4.78 is 14.5. The molecule has 18 heteroatoms. The number of carbonyl (C=O) groups is 4. The third-order valence-electron chi connectivity index (χ3n) is 13.3. The molecule has 3 saturated heterocycles. The van der Waals surface area contributed by atoms with E-state index in [-0.39, 0.29) is 38.1 Å². The van der Waals surface area contributed by atoms with Crippen LogP contribution in [0, 0.1) is 22.7 Å². The Morgan fingerprint density at radius 2 is 1.92 bits per heavy atom. The van der Waals surface area contributed by atoms with E-state index in [4.69, 9.17) is 19.4 Å². The Morgan fingerprint density at radius 3 is 2.58 bits per heavy atom. The highest BCUT2D eigenvalue weighted by Gasteiger charge is 2.51. The number of thiazole rings is 1. The third kappa shape index (κ3) is 8.73. The van der Waals surface area contributed by atoms with Crippen molar-refractivity contribution in [2.45, 2.75) is 95.4 Å². The van der Waals surface area contributed by atoms with Gasteiger partial charge in [-0.25, -0.2) is 15.2 Å². The van der Waals surface area contributed by atoms with Crippen molar-refractivity contribution in [3.8, 4) is 28.6 Å². The summed E-state index contributed by atoms with van der Waals surface area (Å²) in [6.45, 7) is 11.6. The number of aryl methyl sites for hydroxylation is 1. The van der Waals surface area contributed by atoms with Crippen LogP contribution in [-0.2, 0) is 48.2 Å². The zero-order valence-corrected chi connectivity index (χ0v) is 40.4. The Morgan fingerprint density at radius 1 is 1.17 bits per heavy atom. The maximum Gasteiger partial charge on any atom is 0.324 e. The van der Waals surface area contributed by atoms with Gasteiger partial charge < -0.3 is 29.2 Å². The molecule has 4 aromatic rings. The second-order valence-electron chi connectivity index (χ2n) is 19.1. The number of aromatic nitrogens is 3. The van der Waals surface area contributed by atoms with Gasteiger partial charge in [0.25, 0.3) is 5.91 Å². The van der Waals surface area contributed by atoms with Gasteiger partial charge in [-0.15, -0.1) is 23.1 Å². The van der Waals surface area contributed by atoms with E-state index in [0.29, 0.717) is 37.4 Å². The smallest absolute Gasteiger partial charge is 0.324 e. The first-order valence-electron chi connectivity index (χ1n) is 22.3. The lowest BCUT2D eigenvalue weighted by atomic mass is 9.84. The first-order chi connectivity index (χ1) is 30.9. The zero-order chi connectivity index (χ0) is 46.6. The fraction of sp³-hybridized carbons (Fsp3) is 0.553. The lowest BCUT2D eigenvalue weighted by Crippen LogP contribution is -2.71. The van der Waals surface area contributed by atoms with Gasteiger partial charge in [-0.05, 0) is 76.0 Å². The Bertz CT molecular complexity index is 2540. The number of benzene rings is 1. The number of carbonyl (C=O) groups excluding carboxylic acids is 4. The number of hydrogen-bond acceptors (Lipinski definition) is 13. The lowest BCUT2D eigenvalue weighted by Gasteiger charge is -2.50. The topological polar surface area (TPSA) is 178 Å². The number of esters is 1. The van der Waals surface area contributed by atoms with Crippen LogP contribution in [0.4, 0.5) is 4.79 Å². The number of thioether (sulfide) groups is 1. The number of likely N-dealkylation sites (N-methyl/N-ethyl adjacent to an activating group) is 2. The SMILES string of the molecule is CCn1c(-c2cccnc2[C@@]2(OC)CS2)c2c3cc(ccc31)-c1csc(n1)C[C@H](NC(=O)[C@H](C(C)C)N(C)C(=O)N1CC(C#N)(N(C)C)C1)C(=O)N1CCC[C@H](N1)C(=O)OCC(C)(C)C2. The van der Waals surface area contributed by atoms with Crippen molar-refractivity contribution in [3.63, 3.8) is 0 Å². The van der Waals surface area contributed by atoms with Crippen molar-refractivity contribution in [2.24, 2.45) is 11.3 Å². The molecule has 0 spiro atoms. The molecule has 16 nitrogen and oxygen atoms in total. The van der Waals surface area contributed by atoms with Crippen LogP contribution in [0.2, 0.25) is 0 Å². The van der Waals surface area contributed by atoms with Gasteiger partial charge in [-0.2, -0.15) is 5.26 Å². The predicted octanol–water partition coefficient (Wildman–Crippen LogP) is 5.26. The maximum absolute atomic E-state index is 14.6. The van der Waals surface area contributed by atoms with Crippen LogP contribution in [0.3, 0.4) is 0 Å². The fourth-order valence-electron chi connectivity index (χ4n) is 9.53. The number of rotatable bonds is 9. The number of urea groups is 1. The van der Waals surface area contributed by atoms with Crippen molar-refractivity contribution in [2.75, 3.05) is 60.2 Å². The minimum Gasteiger partial charge on any atom is -0.464 e. The minimum absolute atomic E-state index is 0.0751. The molecule has 0 radical (unpaired) electrons. The van der Waals surface area contributed by atoms with Gasteiger partial charge in [0.05, 0.1) is 47.9 Å². The molecule has 4 amide bonds. The second-order valence-corrected chi connectivity index (χ2v) is 21.3. The molecule has 4 aliphatic heterocycles. The molecule has 0 unspecified atom stereocenters. The zero-order valence-electron chi connectivity index (χ0n) is 38.8. The van der Waals surface area contributed by atoms with Crippen LogP contribution in [-0.4, -0.2) is 142 Å². The average Bonchev–Trinajstić information content (AvgIpc) is 3.84. The normalized spacial score (nSPS) is 23.4. The molecular formula is C47H60N10O6S2. The summed E-state index contributed by atoms with van der Waals surface area (Å²) in [5.41, 5.74) is 8.61. The van der Waals surface area contributed by atoms with Crippen LogP contribution < -0.4 is 10.7 Å². The molecule has 0 aliphatic carbocycles. The Kier molecular flexibility index (Phi) is 12.8. The van der Waals surface area contributed by atoms with Crippen molar-refractivity contribution in [1.29, 1.82) is 5.26 Å². The number of pyridine rings is 1. The highest BCUT2D eigenvalue weighted by Crippen LogP contribution is 2.56. The molecule has 1 aromatic carbocycles. The number of nitrogens with zero attached hydrogens (tertiary/aromatic N) is 8. The van der Waals surface area contributed by atoms with Crippen molar-refractivity contribution in [3.05, 3.63) is 58.2 Å². The summed E-state index contributed by atoms with van der Waals surface area (Å²) in [4.78, 5) is 70.9. The second kappa shape index (κ2) is 18.0. The highest BCUT2D eigenvalue weighted by atomic mass is 32.2. The number of amides is 4. The highest BCUT2D eigenvalue weighted by molar-refractivity contribution is 8.07. The average molecular weight is 925 g/mol. The summed E-state index contributed by atoms with van der Waals surface area (Å²) in [6, 6.07) is 9.63. The Hall–Kier alpha value is -5.06. The number of fused-ring (bicyclic) bond motifs is 6. The molecule has 0 saturated carbocycles. The molecule has 65 heavy (non-hydrogen) atoms. The van der Waals surface area contributed by atoms with E-state index < -0.39 is 51.8 Å². The molecule has 6 bridgehead atoms. The van der Waals surface area contributed by atoms with Crippen LogP contribution in [0.1, 0.15) is 63.7 Å². The van der Waals surface area contributed by atoms with Gasteiger partial charge >= 0.3 is 12.0 Å². The van der Waals surface area contributed by atoms with Crippen LogP contribution in [0.5, 0.6) is 0 Å². The van der Waals surface area contributed by atoms with E-state index in [2.05, 4.69) is 66.4 Å². The molecule has 8 rings (SSSR count). The Balaban J connectivity index is 1.16. The van der Waals surface area contributed by atoms with Crippen LogP contribution in [0.15, 0.2) is 41.9 Å². The number of ether oxygens (including phenoxy) is 2. The first-order valence-corrected chi connectivity index (χ1v) is 24.2.